The van der Waals surface area contributed by atoms with Gasteiger partial charge in [-0.25, -0.2) is 4.79 Å². The molecule has 1 saturated carbocycles. The maximum atomic E-state index is 11.3. The Bertz CT molecular complexity index is 307. The Labute approximate surface area is 113 Å². The molecule has 19 heavy (non-hydrogen) atoms. The highest BCUT2D eigenvalue weighted by Gasteiger charge is 2.26. The molecule has 1 N–H and O–H groups in total. The molecule has 1 amide bonds. The van der Waals surface area contributed by atoms with E-state index in [1.165, 1.54) is 14.0 Å². The van der Waals surface area contributed by atoms with Crippen LogP contribution < -0.4 is 5.32 Å². The first-order valence-corrected chi connectivity index (χ1v) is 6.63. The molecule has 0 bridgehead atoms. The quantitative estimate of drug-likeness (QED) is 0.791. The summed E-state index contributed by atoms with van der Waals surface area (Å²) in [6.45, 7) is 1.41. The maximum absolute atomic E-state index is 11.3. The van der Waals surface area contributed by atoms with Crippen molar-refractivity contribution in [3.63, 3.8) is 0 Å². The number of amides is 1. The summed E-state index contributed by atoms with van der Waals surface area (Å²) in [4.78, 5) is 22.3. The molecule has 0 radical (unpaired) electrons. The molecule has 3 unspecified atom stereocenters. The Morgan fingerprint density at radius 2 is 1.58 bits per heavy atom. The lowest BCUT2D eigenvalue weighted by molar-refractivity contribution is -0.148. The fourth-order valence-electron chi connectivity index (χ4n) is 2.30. The van der Waals surface area contributed by atoms with Crippen LogP contribution in [-0.4, -0.2) is 44.5 Å². The second kappa shape index (κ2) is 7.99. The molecule has 0 aromatic carbocycles. The number of esters is 1. The van der Waals surface area contributed by atoms with Crippen molar-refractivity contribution in [1.29, 1.82) is 0 Å². The van der Waals surface area contributed by atoms with Crippen molar-refractivity contribution in [3.8, 4) is 0 Å². The lowest BCUT2D eigenvalue weighted by Crippen LogP contribution is -2.33. The zero-order chi connectivity index (χ0) is 14.3. The Balaban J connectivity index is 2.57. The first kappa shape index (κ1) is 15.8. The van der Waals surface area contributed by atoms with Crippen LogP contribution in [0.4, 0.5) is 4.79 Å². The number of ether oxygens (including phenoxy) is 3. The number of alkyl carbamates (subject to hydrolysis) is 1. The van der Waals surface area contributed by atoms with Crippen LogP contribution in [0.25, 0.3) is 0 Å². The lowest BCUT2D eigenvalue weighted by atomic mass is 9.94. The molecule has 1 aliphatic carbocycles. The van der Waals surface area contributed by atoms with Crippen LogP contribution in [0.3, 0.4) is 0 Å². The molecule has 6 nitrogen and oxygen atoms in total. The van der Waals surface area contributed by atoms with Gasteiger partial charge in [-0.15, -0.1) is 0 Å². The minimum atomic E-state index is -0.440. The smallest absolute Gasteiger partial charge is 0.407 e. The molecule has 0 heterocycles. The Morgan fingerprint density at radius 3 is 2.11 bits per heavy atom. The van der Waals surface area contributed by atoms with E-state index >= 15 is 0 Å². The van der Waals surface area contributed by atoms with Crippen LogP contribution in [0, 0.1) is 0 Å². The van der Waals surface area contributed by atoms with E-state index in [1.54, 1.807) is 7.11 Å². The summed E-state index contributed by atoms with van der Waals surface area (Å²) in [5.41, 5.74) is 0. The maximum Gasteiger partial charge on any atom is 0.407 e. The van der Waals surface area contributed by atoms with E-state index in [1.807, 2.05) is 0 Å². The fraction of sp³-hybridized carbons (Fsp3) is 0.846. The average Bonchev–Trinajstić information content (AvgIpc) is 2.36. The summed E-state index contributed by atoms with van der Waals surface area (Å²) >= 11 is 0. The molecule has 1 fully saturated rings. The van der Waals surface area contributed by atoms with Gasteiger partial charge >= 0.3 is 12.1 Å². The largest absolute Gasteiger partial charge is 0.463 e. The third-order valence-electron chi connectivity index (χ3n) is 3.29. The number of nitrogens with one attached hydrogen (secondary N) is 1. The molecule has 1 aliphatic rings. The van der Waals surface area contributed by atoms with Crippen molar-refractivity contribution >= 4 is 12.1 Å². The number of methoxy groups -OCH3 is 1. The summed E-state index contributed by atoms with van der Waals surface area (Å²) in [6.07, 6.45) is 2.89. The average molecular weight is 273 g/mol. The van der Waals surface area contributed by atoms with E-state index in [-0.39, 0.29) is 24.3 Å². The Kier molecular flexibility index (Phi) is 6.62. The van der Waals surface area contributed by atoms with Gasteiger partial charge in [-0.1, -0.05) is 0 Å². The number of carbonyl (C=O) groups is 2. The minimum Gasteiger partial charge on any atom is -0.463 e. The zero-order valence-electron chi connectivity index (χ0n) is 11.8. The SMILES string of the molecule is CNC(=O)OC1CCC(OC(C)=O)CCC(OC)C1. The predicted octanol–water partition coefficient (Wildman–Crippen LogP) is 1.62. The summed E-state index contributed by atoms with van der Waals surface area (Å²) in [5.74, 6) is -0.275. The van der Waals surface area contributed by atoms with Gasteiger partial charge in [0.15, 0.2) is 0 Å². The van der Waals surface area contributed by atoms with Crippen LogP contribution in [0.1, 0.15) is 39.0 Å². The van der Waals surface area contributed by atoms with Gasteiger partial charge < -0.3 is 19.5 Å². The molecular weight excluding hydrogens is 250 g/mol. The first-order valence-electron chi connectivity index (χ1n) is 6.63. The molecule has 110 valence electrons. The molecule has 0 saturated heterocycles. The predicted molar refractivity (Wildman–Crippen MR) is 68.8 cm³/mol. The number of carbonyl (C=O) groups excluding carboxylic acids is 2. The number of rotatable bonds is 3. The fourth-order valence-corrected chi connectivity index (χ4v) is 2.30. The highest BCUT2D eigenvalue weighted by molar-refractivity contribution is 5.67. The summed E-state index contributed by atoms with van der Waals surface area (Å²) in [7, 11) is 3.17. The third-order valence-corrected chi connectivity index (χ3v) is 3.29. The van der Waals surface area contributed by atoms with E-state index < -0.39 is 6.09 Å². The highest BCUT2D eigenvalue weighted by Crippen LogP contribution is 2.24. The van der Waals surface area contributed by atoms with Crippen LogP contribution in [0.2, 0.25) is 0 Å². The van der Waals surface area contributed by atoms with E-state index in [0.717, 1.165) is 12.8 Å². The summed E-state index contributed by atoms with van der Waals surface area (Å²) in [5, 5.41) is 2.44. The van der Waals surface area contributed by atoms with Gasteiger partial charge in [0.1, 0.15) is 12.2 Å². The van der Waals surface area contributed by atoms with Gasteiger partial charge in [-0.05, 0) is 25.7 Å². The summed E-state index contributed by atoms with van der Waals surface area (Å²) < 4.78 is 15.9. The Morgan fingerprint density at radius 1 is 1.00 bits per heavy atom. The van der Waals surface area contributed by atoms with Crippen molar-refractivity contribution < 1.29 is 23.8 Å². The second-order valence-corrected chi connectivity index (χ2v) is 4.76. The monoisotopic (exact) mass is 273 g/mol. The normalized spacial score (nSPS) is 27.8. The van der Waals surface area contributed by atoms with E-state index in [2.05, 4.69) is 5.32 Å². The van der Waals surface area contributed by atoms with Crippen molar-refractivity contribution in [3.05, 3.63) is 0 Å². The van der Waals surface area contributed by atoms with E-state index in [4.69, 9.17) is 14.2 Å². The molecule has 0 spiro atoms. The standard InChI is InChI=1S/C13H23NO5/c1-9(15)18-10-4-6-11(17-3)8-12(7-5-10)19-13(16)14-2/h10-12H,4-8H2,1-3H3,(H,14,16). The minimum absolute atomic E-state index is 0.0213. The molecule has 0 aromatic heterocycles. The van der Waals surface area contributed by atoms with Crippen LogP contribution in [0.15, 0.2) is 0 Å². The third kappa shape index (κ3) is 5.92. The topological polar surface area (TPSA) is 73.9 Å². The van der Waals surface area contributed by atoms with Crippen LogP contribution in [-0.2, 0) is 19.0 Å². The van der Waals surface area contributed by atoms with E-state index in [0.29, 0.717) is 19.3 Å². The van der Waals surface area contributed by atoms with Gasteiger partial charge in [0.25, 0.3) is 0 Å². The van der Waals surface area contributed by atoms with E-state index in [9.17, 15) is 9.59 Å². The van der Waals surface area contributed by atoms with Crippen molar-refractivity contribution in [2.24, 2.45) is 0 Å². The van der Waals surface area contributed by atoms with Crippen molar-refractivity contribution in [2.45, 2.75) is 57.3 Å². The highest BCUT2D eigenvalue weighted by atomic mass is 16.6. The molecule has 6 heteroatoms. The zero-order valence-corrected chi connectivity index (χ0v) is 11.8. The molecule has 0 aromatic rings. The molecule has 1 rings (SSSR count). The van der Waals surface area contributed by atoms with Crippen molar-refractivity contribution in [2.75, 3.05) is 14.2 Å². The van der Waals surface area contributed by atoms with Gasteiger partial charge in [0.05, 0.1) is 6.10 Å². The van der Waals surface area contributed by atoms with Gasteiger partial charge in [0, 0.05) is 27.5 Å². The number of hydrogen-bond donors (Lipinski definition) is 1. The van der Waals surface area contributed by atoms with Crippen LogP contribution in [0.5, 0.6) is 0 Å². The molecular formula is C13H23NO5. The molecule has 3 atom stereocenters. The van der Waals surface area contributed by atoms with Gasteiger partial charge in [0.2, 0.25) is 0 Å². The van der Waals surface area contributed by atoms with Gasteiger partial charge in [-0.3, -0.25) is 4.79 Å². The first-order chi connectivity index (χ1) is 9.05. The van der Waals surface area contributed by atoms with Gasteiger partial charge in [-0.2, -0.15) is 0 Å². The second-order valence-electron chi connectivity index (χ2n) is 4.76. The van der Waals surface area contributed by atoms with Crippen molar-refractivity contribution in [1.82, 2.24) is 5.32 Å². The van der Waals surface area contributed by atoms with Crippen LogP contribution >= 0.6 is 0 Å². The molecule has 0 aliphatic heterocycles. The number of hydrogen-bond acceptors (Lipinski definition) is 5. The lowest BCUT2D eigenvalue weighted by Gasteiger charge is -2.28. The Hall–Kier alpha value is -1.30. The summed E-state index contributed by atoms with van der Waals surface area (Å²) in [6, 6.07) is 0.